The van der Waals surface area contributed by atoms with Crippen LogP contribution in [0.2, 0.25) is 0 Å². The number of ketones is 2. The molecule has 218 valence electrons. The van der Waals surface area contributed by atoms with E-state index in [0.29, 0.717) is 18.6 Å². The van der Waals surface area contributed by atoms with E-state index in [2.05, 4.69) is 92.7 Å². The molecule has 0 spiro atoms. The number of hydrogen-bond acceptors (Lipinski definition) is 4. The largest absolute Gasteiger partial charge is 1.00 e. The van der Waals surface area contributed by atoms with Gasteiger partial charge < -0.3 is 6.16 Å². The zero-order chi connectivity index (χ0) is 29.2. The number of alkyl halides is 1. The summed E-state index contributed by atoms with van der Waals surface area (Å²) < 4.78 is 4.52. The van der Waals surface area contributed by atoms with Crippen LogP contribution < -0.4 is 29.6 Å². The van der Waals surface area contributed by atoms with Crippen molar-refractivity contribution in [3.63, 3.8) is 0 Å². The van der Waals surface area contributed by atoms with Crippen molar-refractivity contribution in [2.24, 2.45) is 0 Å². The van der Waals surface area contributed by atoms with Crippen LogP contribution in [0.4, 0.5) is 0 Å². The van der Waals surface area contributed by atoms with Crippen LogP contribution in [0, 0.1) is 27.7 Å². The number of halogens is 1. The topological polar surface area (TPSA) is 46.6 Å². The number of carbonyl (C=O) groups excluding carboxylic acids is 2. The van der Waals surface area contributed by atoms with Crippen molar-refractivity contribution in [2.45, 2.75) is 104 Å². The maximum Gasteiger partial charge on any atom is 1.00 e. The number of rotatable bonds is 7. The fourth-order valence-electron chi connectivity index (χ4n) is 4.97. The average molecular weight is 625 g/mol. The number of aryl methyl sites for hydroxylation is 4. The molecule has 0 amide bonds. The van der Waals surface area contributed by atoms with Gasteiger partial charge >= 0.3 is 29.6 Å². The first-order valence-electron chi connectivity index (χ1n) is 14.4. The van der Waals surface area contributed by atoms with Crippen LogP contribution in [0.15, 0.2) is 36.4 Å². The maximum atomic E-state index is 12.7. The molecule has 2 aromatic carbocycles. The molecule has 0 aromatic heterocycles. The van der Waals surface area contributed by atoms with Crippen molar-refractivity contribution in [1.82, 2.24) is 4.90 Å². The van der Waals surface area contributed by atoms with Crippen LogP contribution in [-0.4, -0.2) is 52.6 Å². The summed E-state index contributed by atoms with van der Waals surface area (Å²) in [5.74, 6) is 0.562. The number of hydrogen-bond donors (Lipinski definition) is 0. The summed E-state index contributed by atoms with van der Waals surface area (Å²) >= 11 is 3.40. The standard InChI is InChI=1S/C17H25NO.C13H17BrO.C4H8O.Na.H/c1-13-8-7-9-14(2)15(13)12-16(19)17(3,4)18-10-5-6-11-18;1-9-6-5-7-10(2)11(9)8-12(15)13(3,4)14;1-2-4-5-3-1;;/h7-9H,5-6,10-12H2,1-4H3;5-7H,8H2,1-4H3;1-4H2;;/q;;;+1;-1. The molecule has 0 radical (unpaired) electrons. The van der Waals surface area contributed by atoms with Crippen molar-refractivity contribution in [3.8, 4) is 0 Å². The summed E-state index contributed by atoms with van der Waals surface area (Å²) in [5.41, 5.74) is 6.89. The van der Waals surface area contributed by atoms with Gasteiger partial charge in [0.15, 0.2) is 11.6 Å². The summed E-state index contributed by atoms with van der Waals surface area (Å²) in [7, 11) is 0. The minimum atomic E-state index is -0.429. The molecule has 0 bridgehead atoms. The first kappa shape index (κ1) is 37.2. The zero-order valence-electron chi connectivity index (χ0n) is 27.6. The second-order valence-corrected chi connectivity index (χ2v) is 14.0. The Kier molecular flexibility index (Phi) is 16.1. The molecule has 0 aliphatic carbocycles. The molecule has 2 aliphatic rings. The van der Waals surface area contributed by atoms with Crippen LogP contribution in [0.1, 0.15) is 88.2 Å². The Morgan fingerprint density at radius 2 is 1.12 bits per heavy atom. The zero-order valence-corrected chi connectivity index (χ0v) is 30.2. The summed E-state index contributed by atoms with van der Waals surface area (Å²) in [6, 6.07) is 12.4. The Morgan fingerprint density at radius 1 is 0.750 bits per heavy atom. The minimum Gasteiger partial charge on any atom is -1.00 e. The van der Waals surface area contributed by atoms with Gasteiger partial charge in [-0.2, -0.15) is 0 Å². The van der Waals surface area contributed by atoms with Gasteiger partial charge in [-0.05, 0) is 128 Å². The van der Waals surface area contributed by atoms with Gasteiger partial charge in [0.1, 0.15) is 0 Å². The van der Waals surface area contributed by atoms with E-state index in [-0.39, 0.29) is 42.3 Å². The quantitative estimate of drug-likeness (QED) is 0.329. The molecular weight excluding hydrogens is 573 g/mol. The summed E-state index contributed by atoms with van der Waals surface area (Å²) in [6.45, 7) is 20.4. The van der Waals surface area contributed by atoms with Gasteiger partial charge in [-0.25, -0.2) is 0 Å². The predicted octanol–water partition coefficient (Wildman–Crippen LogP) is 4.79. The molecule has 2 aliphatic heterocycles. The van der Waals surface area contributed by atoms with Gasteiger partial charge in [-0.1, -0.05) is 52.3 Å². The Morgan fingerprint density at radius 3 is 1.45 bits per heavy atom. The van der Waals surface area contributed by atoms with Crippen LogP contribution in [-0.2, 0) is 27.2 Å². The first-order chi connectivity index (χ1) is 18.2. The average Bonchev–Trinajstić information content (AvgIpc) is 3.61. The molecule has 2 saturated heterocycles. The van der Waals surface area contributed by atoms with E-state index >= 15 is 0 Å². The first-order valence-corrected chi connectivity index (χ1v) is 15.2. The third-order valence-corrected chi connectivity index (χ3v) is 8.48. The van der Waals surface area contributed by atoms with Crippen molar-refractivity contribution in [2.75, 3.05) is 26.3 Å². The van der Waals surface area contributed by atoms with Crippen molar-refractivity contribution in [3.05, 3.63) is 69.8 Å². The molecule has 2 aromatic rings. The summed E-state index contributed by atoms with van der Waals surface area (Å²) in [6.07, 6.45) is 6.07. The molecule has 4 nitrogen and oxygen atoms in total. The molecule has 0 saturated carbocycles. The number of carbonyl (C=O) groups is 2. The van der Waals surface area contributed by atoms with Crippen LogP contribution in [0.5, 0.6) is 0 Å². The van der Waals surface area contributed by atoms with Crippen molar-refractivity contribution < 1.29 is 45.3 Å². The molecule has 4 rings (SSSR count). The number of ether oxygens (including phenoxy) is 1. The molecule has 0 unspecified atom stereocenters. The second kappa shape index (κ2) is 17.3. The minimum absolute atomic E-state index is 0. The fourth-order valence-corrected chi connectivity index (χ4v) is 5.11. The molecular formula is C34H51BrNNaO3. The third kappa shape index (κ3) is 11.5. The Balaban J connectivity index is 0.000000650. The van der Waals surface area contributed by atoms with Crippen LogP contribution >= 0.6 is 15.9 Å². The van der Waals surface area contributed by atoms with E-state index in [1.54, 1.807) is 0 Å². The van der Waals surface area contributed by atoms with Gasteiger partial charge in [0.25, 0.3) is 0 Å². The van der Waals surface area contributed by atoms with E-state index in [9.17, 15) is 9.59 Å². The third-order valence-electron chi connectivity index (χ3n) is 8.03. The van der Waals surface area contributed by atoms with Crippen molar-refractivity contribution >= 4 is 27.5 Å². The molecule has 40 heavy (non-hydrogen) atoms. The van der Waals surface area contributed by atoms with E-state index in [1.165, 1.54) is 53.5 Å². The van der Waals surface area contributed by atoms with Crippen LogP contribution in [0.25, 0.3) is 0 Å². The van der Waals surface area contributed by atoms with Gasteiger partial charge in [0, 0.05) is 26.1 Å². The maximum absolute atomic E-state index is 12.7. The molecule has 0 N–H and O–H groups in total. The van der Waals surface area contributed by atoms with Gasteiger partial charge in [-0.15, -0.1) is 0 Å². The summed E-state index contributed by atoms with van der Waals surface area (Å²) in [5, 5.41) is 0. The van der Waals surface area contributed by atoms with E-state index in [1.807, 2.05) is 19.9 Å². The van der Waals surface area contributed by atoms with Gasteiger partial charge in [-0.3, -0.25) is 14.5 Å². The molecule has 2 fully saturated rings. The van der Waals surface area contributed by atoms with Gasteiger partial charge in [0.05, 0.1) is 9.86 Å². The molecule has 6 heteroatoms. The fraction of sp³-hybridized carbons (Fsp3) is 0.588. The SMILES string of the molecule is C1CCOC1.Cc1cccc(C)c1CC(=O)C(C)(C)Br.Cc1cccc(C)c1CC(=O)C(C)(C)N1CCCC1.[H-].[Na+]. The molecule has 2 heterocycles. The second-order valence-electron chi connectivity index (χ2n) is 12.0. The summed E-state index contributed by atoms with van der Waals surface area (Å²) in [4.78, 5) is 26.9. The number of Topliss-reactive ketones (excluding diaryl/α,β-unsaturated/α-hetero) is 2. The van der Waals surface area contributed by atoms with E-state index in [0.717, 1.165) is 31.9 Å². The smallest absolute Gasteiger partial charge is 1.00 e. The van der Waals surface area contributed by atoms with E-state index in [4.69, 9.17) is 4.74 Å². The molecule has 0 atom stereocenters. The number of nitrogens with zero attached hydrogens (tertiary/aromatic N) is 1. The van der Waals surface area contributed by atoms with E-state index < -0.39 is 4.32 Å². The van der Waals surface area contributed by atoms with Crippen LogP contribution in [0.3, 0.4) is 0 Å². The Hall–Kier alpha value is -0.820. The Labute approximate surface area is 275 Å². The number of benzene rings is 2. The van der Waals surface area contributed by atoms with Gasteiger partial charge in [0.2, 0.25) is 0 Å². The predicted molar refractivity (Wildman–Crippen MR) is 168 cm³/mol. The van der Waals surface area contributed by atoms with Crippen molar-refractivity contribution in [1.29, 1.82) is 0 Å². The monoisotopic (exact) mass is 623 g/mol. The Bertz CT molecular complexity index is 1060. The number of likely N-dealkylation sites (tertiary alicyclic amines) is 1. The normalized spacial score (nSPS) is 15.3.